The third kappa shape index (κ3) is 1.45. The number of ether oxygens (including phenoxy) is 2. The molecule has 6 heteroatoms. The smallest absolute Gasteiger partial charge is 0.358 e. The summed E-state index contributed by atoms with van der Waals surface area (Å²) in [6.45, 7) is 3.45. The quantitative estimate of drug-likeness (QED) is 0.562. The Morgan fingerprint density at radius 3 is 2.50 bits per heavy atom. The lowest BCUT2D eigenvalue weighted by Crippen LogP contribution is -2.63. The van der Waals surface area contributed by atoms with Gasteiger partial charge < -0.3 is 14.6 Å². The van der Waals surface area contributed by atoms with Gasteiger partial charge in [0.2, 0.25) is 5.91 Å². The second kappa shape index (κ2) is 4.28. The maximum atomic E-state index is 12.0. The summed E-state index contributed by atoms with van der Waals surface area (Å²) < 4.78 is 9.90. The van der Waals surface area contributed by atoms with Gasteiger partial charge in [0.1, 0.15) is 5.76 Å². The van der Waals surface area contributed by atoms with Crippen molar-refractivity contribution in [1.82, 2.24) is 4.90 Å². The lowest BCUT2D eigenvalue weighted by Gasteiger charge is -2.46. The molecule has 1 N–H and O–H groups in total. The van der Waals surface area contributed by atoms with Crippen LogP contribution in [-0.4, -0.2) is 48.2 Å². The van der Waals surface area contributed by atoms with E-state index in [1.165, 1.54) is 19.1 Å². The van der Waals surface area contributed by atoms with Crippen molar-refractivity contribution in [3.63, 3.8) is 0 Å². The van der Waals surface area contributed by atoms with E-state index < -0.39 is 18.0 Å². The summed E-state index contributed by atoms with van der Waals surface area (Å²) in [5.74, 6) is -0.995. The second-order valence-corrected chi connectivity index (χ2v) is 4.66. The van der Waals surface area contributed by atoms with Crippen molar-refractivity contribution in [1.29, 1.82) is 0 Å². The molecular formula is C12H17NO5. The first-order valence-electron chi connectivity index (χ1n) is 5.83. The van der Waals surface area contributed by atoms with Crippen LogP contribution >= 0.6 is 0 Å². The number of carbonyl (C=O) groups excluding carboxylic acids is 2. The molecule has 0 aliphatic carbocycles. The van der Waals surface area contributed by atoms with Gasteiger partial charge in [-0.1, -0.05) is 6.92 Å². The molecule has 4 unspecified atom stereocenters. The molecule has 1 saturated heterocycles. The molecular weight excluding hydrogens is 238 g/mol. The number of fused-ring (bicyclic) bond motifs is 1. The summed E-state index contributed by atoms with van der Waals surface area (Å²) in [4.78, 5) is 25.1. The van der Waals surface area contributed by atoms with Crippen LogP contribution in [0.3, 0.4) is 0 Å². The standard InChI is InChI=1S/C12H17NO5/c1-5-8-7(6(2)14)11(15)13(8)9(10(5)17-3)12(16)18-4/h5-8,14H,1-4H3. The van der Waals surface area contributed by atoms with E-state index in [2.05, 4.69) is 4.74 Å². The minimum Gasteiger partial charge on any atom is -0.498 e. The SMILES string of the molecule is COC(=O)C1=C(OC)C(C)C2C(C(C)O)C(=O)N12. The Labute approximate surface area is 105 Å². The summed E-state index contributed by atoms with van der Waals surface area (Å²) in [7, 11) is 2.72. The van der Waals surface area contributed by atoms with Crippen LogP contribution in [0.2, 0.25) is 0 Å². The van der Waals surface area contributed by atoms with Gasteiger partial charge in [0.25, 0.3) is 0 Å². The van der Waals surface area contributed by atoms with Gasteiger partial charge in [0.05, 0.1) is 32.3 Å². The normalized spacial score (nSPS) is 31.9. The molecule has 0 bridgehead atoms. The molecule has 4 atom stereocenters. The number of aliphatic hydroxyl groups excluding tert-OH is 1. The molecule has 2 heterocycles. The Kier molecular flexibility index (Phi) is 3.06. The van der Waals surface area contributed by atoms with Crippen molar-refractivity contribution in [2.45, 2.75) is 26.0 Å². The Hall–Kier alpha value is -1.56. The molecule has 18 heavy (non-hydrogen) atoms. The molecule has 0 aromatic heterocycles. The molecule has 2 aliphatic heterocycles. The van der Waals surface area contributed by atoms with Gasteiger partial charge in [-0.15, -0.1) is 0 Å². The average molecular weight is 255 g/mol. The Balaban J connectivity index is 2.38. The minimum absolute atomic E-state index is 0.124. The van der Waals surface area contributed by atoms with Crippen LogP contribution in [0.15, 0.2) is 11.5 Å². The first-order valence-corrected chi connectivity index (χ1v) is 5.83. The number of hydrogen-bond donors (Lipinski definition) is 1. The molecule has 0 aromatic carbocycles. The van der Waals surface area contributed by atoms with Crippen LogP contribution in [0.1, 0.15) is 13.8 Å². The predicted octanol–water partition coefficient (Wildman–Crippen LogP) is -0.125. The van der Waals surface area contributed by atoms with Crippen molar-refractivity contribution < 1.29 is 24.2 Å². The van der Waals surface area contributed by atoms with E-state index in [4.69, 9.17) is 4.74 Å². The highest BCUT2D eigenvalue weighted by Crippen LogP contribution is 2.47. The van der Waals surface area contributed by atoms with Crippen LogP contribution in [0, 0.1) is 11.8 Å². The predicted molar refractivity (Wildman–Crippen MR) is 61.0 cm³/mol. The molecule has 6 nitrogen and oxygen atoms in total. The molecule has 2 aliphatic rings. The summed E-state index contributed by atoms with van der Waals surface area (Å²) in [5, 5.41) is 9.63. The van der Waals surface area contributed by atoms with Crippen LogP contribution in [0.25, 0.3) is 0 Å². The molecule has 2 rings (SSSR count). The first kappa shape index (κ1) is 12.9. The third-order valence-corrected chi connectivity index (χ3v) is 3.71. The molecule has 1 fully saturated rings. The van der Waals surface area contributed by atoms with Crippen molar-refractivity contribution in [2.24, 2.45) is 11.8 Å². The van der Waals surface area contributed by atoms with Gasteiger partial charge >= 0.3 is 5.97 Å². The van der Waals surface area contributed by atoms with E-state index >= 15 is 0 Å². The van der Waals surface area contributed by atoms with Gasteiger partial charge in [-0.2, -0.15) is 0 Å². The molecule has 0 radical (unpaired) electrons. The number of methoxy groups -OCH3 is 2. The lowest BCUT2D eigenvalue weighted by molar-refractivity contribution is -0.163. The number of amides is 1. The molecule has 0 aromatic rings. The number of esters is 1. The van der Waals surface area contributed by atoms with Crippen LogP contribution in [0.5, 0.6) is 0 Å². The molecule has 1 amide bonds. The van der Waals surface area contributed by atoms with E-state index in [0.29, 0.717) is 5.76 Å². The van der Waals surface area contributed by atoms with Gasteiger partial charge in [-0.3, -0.25) is 9.69 Å². The van der Waals surface area contributed by atoms with Gasteiger partial charge in [0, 0.05) is 5.92 Å². The summed E-state index contributed by atoms with van der Waals surface area (Å²) >= 11 is 0. The first-order chi connectivity index (χ1) is 8.45. The fraction of sp³-hybridized carbons (Fsp3) is 0.667. The Morgan fingerprint density at radius 2 is 2.06 bits per heavy atom. The monoisotopic (exact) mass is 255 g/mol. The van der Waals surface area contributed by atoms with Crippen LogP contribution < -0.4 is 0 Å². The fourth-order valence-electron chi connectivity index (χ4n) is 2.89. The lowest BCUT2D eigenvalue weighted by atomic mass is 9.79. The highest BCUT2D eigenvalue weighted by atomic mass is 16.5. The van der Waals surface area contributed by atoms with Crippen LogP contribution in [0.4, 0.5) is 0 Å². The number of rotatable bonds is 3. The molecule has 100 valence electrons. The molecule has 0 spiro atoms. The zero-order valence-corrected chi connectivity index (χ0v) is 10.8. The second-order valence-electron chi connectivity index (χ2n) is 4.66. The van der Waals surface area contributed by atoms with E-state index in [9.17, 15) is 14.7 Å². The number of nitrogens with zero attached hydrogens (tertiary/aromatic N) is 1. The van der Waals surface area contributed by atoms with E-state index in [-0.39, 0.29) is 23.6 Å². The van der Waals surface area contributed by atoms with Gasteiger partial charge in [0.15, 0.2) is 5.70 Å². The number of aliphatic hydroxyl groups is 1. The highest BCUT2D eigenvalue weighted by molar-refractivity contribution is 6.00. The minimum atomic E-state index is -0.740. The van der Waals surface area contributed by atoms with Gasteiger partial charge in [-0.25, -0.2) is 4.79 Å². The van der Waals surface area contributed by atoms with E-state index in [1.54, 1.807) is 6.92 Å². The largest absolute Gasteiger partial charge is 0.498 e. The summed E-state index contributed by atoms with van der Waals surface area (Å²) in [6.07, 6.45) is -0.740. The zero-order chi connectivity index (χ0) is 13.6. The van der Waals surface area contributed by atoms with Crippen molar-refractivity contribution >= 4 is 11.9 Å². The number of carbonyl (C=O) groups is 2. The van der Waals surface area contributed by atoms with Crippen LogP contribution in [-0.2, 0) is 19.1 Å². The Bertz CT molecular complexity index is 428. The topological polar surface area (TPSA) is 76.1 Å². The number of β-lactam (4-membered cyclic amide) rings is 1. The van der Waals surface area contributed by atoms with Crippen molar-refractivity contribution in [2.75, 3.05) is 14.2 Å². The maximum absolute atomic E-state index is 12.0. The summed E-state index contributed by atoms with van der Waals surface area (Å²) in [5.41, 5.74) is 0.166. The third-order valence-electron chi connectivity index (χ3n) is 3.71. The Morgan fingerprint density at radius 1 is 1.44 bits per heavy atom. The zero-order valence-electron chi connectivity index (χ0n) is 10.8. The van der Waals surface area contributed by atoms with Gasteiger partial charge in [-0.05, 0) is 6.92 Å². The summed E-state index contributed by atoms with van der Waals surface area (Å²) in [6, 6.07) is -0.221. The van der Waals surface area contributed by atoms with Crippen molar-refractivity contribution in [3.05, 3.63) is 11.5 Å². The van der Waals surface area contributed by atoms with E-state index in [1.807, 2.05) is 6.92 Å². The average Bonchev–Trinajstić information content (AvgIpc) is 2.57. The van der Waals surface area contributed by atoms with E-state index in [0.717, 1.165) is 0 Å². The molecule has 0 saturated carbocycles. The maximum Gasteiger partial charge on any atom is 0.358 e. The fourth-order valence-corrected chi connectivity index (χ4v) is 2.89. The highest BCUT2D eigenvalue weighted by Gasteiger charge is 2.60. The van der Waals surface area contributed by atoms with Crippen molar-refractivity contribution in [3.8, 4) is 0 Å². The number of hydrogen-bond acceptors (Lipinski definition) is 5.